The van der Waals surface area contributed by atoms with Crippen molar-refractivity contribution in [1.82, 2.24) is 18.9 Å². The van der Waals surface area contributed by atoms with Gasteiger partial charge in [-0.1, -0.05) is 32.0 Å². The van der Waals surface area contributed by atoms with Crippen LogP contribution in [-0.2, 0) is 10.0 Å². The van der Waals surface area contributed by atoms with E-state index in [0.717, 1.165) is 29.8 Å². The summed E-state index contributed by atoms with van der Waals surface area (Å²) in [6.07, 6.45) is 1.64. The van der Waals surface area contributed by atoms with Crippen LogP contribution in [0, 0.1) is 13.8 Å². The quantitative estimate of drug-likeness (QED) is 0.342. The van der Waals surface area contributed by atoms with Gasteiger partial charge >= 0.3 is 0 Å². The fourth-order valence-electron chi connectivity index (χ4n) is 5.01. The van der Waals surface area contributed by atoms with Gasteiger partial charge < -0.3 is 10.1 Å². The molecule has 4 aromatic rings. The van der Waals surface area contributed by atoms with Crippen LogP contribution in [0.1, 0.15) is 60.0 Å². The highest BCUT2D eigenvalue weighted by atomic mass is 32.2. The van der Waals surface area contributed by atoms with Gasteiger partial charge in [-0.05, 0) is 74.1 Å². The first kappa shape index (κ1) is 26.8. The van der Waals surface area contributed by atoms with Crippen molar-refractivity contribution in [2.45, 2.75) is 51.3 Å². The molecule has 204 valence electrons. The van der Waals surface area contributed by atoms with Crippen molar-refractivity contribution in [2.75, 3.05) is 25.5 Å². The fraction of sp³-hybridized carbons (Fsp3) is 0.345. The van der Waals surface area contributed by atoms with Gasteiger partial charge in [-0.15, -0.1) is 0 Å². The summed E-state index contributed by atoms with van der Waals surface area (Å²) >= 11 is 0. The Bertz CT molecular complexity index is 1670. The summed E-state index contributed by atoms with van der Waals surface area (Å²) in [5.41, 5.74) is 4.92. The number of methoxy groups -OCH3 is 1. The van der Waals surface area contributed by atoms with E-state index in [1.165, 1.54) is 11.4 Å². The first-order valence-electron chi connectivity index (χ1n) is 13.1. The van der Waals surface area contributed by atoms with Crippen molar-refractivity contribution in [1.29, 1.82) is 0 Å². The molecule has 1 N–H and O–H groups in total. The molecule has 0 atom stereocenters. The van der Waals surface area contributed by atoms with Crippen LogP contribution >= 0.6 is 0 Å². The van der Waals surface area contributed by atoms with Crippen LogP contribution in [-0.4, -0.2) is 53.4 Å². The van der Waals surface area contributed by atoms with Crippen LogP contribution in [0.2, 0.25) is 0 Å². The summed E-state index contributed by atoms with van der Waals surface area (Å²) in [5.74, 6) is 0.143. The summed E-state index contributed by atoms with van der Waals surface area (Å²) < 4.78 is 35.7. The minimum atomic E-state index is -3.80. The van der Waals surface area contributed by atoms with Crippen molar-refractivity contribution in [3.8, 4) is 16.9 Å². The number of ether oxygens (including phenoxy) is 1. The number of hydrogen-bond donors (Lipinski definition) is 1. The second-order valence-electron chi connectivity index (χ2n) is 10.2. The predicted molar refractivity (Wildman–Crippen MR) is 151 cm³/mol. The monoisotopic (exact) mass is 547 g/mol. The SMILES string of the molecule is COc1ccc(-c2c(C(=O)Nc3cccc(C(C)C)c3)nn3c(C)cc(C)nc23)cc1S(=O)(=O)N1CCCC1. The first-order chi connectivity index (χ1) is 18.6. The van der Waals surface area contributed by atoms with Crippen LogP contribution in [0.3, 0.4) is 0 Å². The van der Waals surface area contributed by atoms with Gasteiger partial charge in [0.2, 0.25) is 10.0 Å². The molecule has 1 aliphatic heterocycles. The topological polar surface area (TPSA) is 106 Å². The van der Waals surface area contributed by atoms with Crippen molar-refractivity contribution in [3.05, 3.63) is 71.2 Å². The van der Waals surface area contributed by atoms with Gasteiger partial charge in [0.1, 0.15) is 10.6 Å². The van der Waals surface area contributed by atoms with Gasteiger partial charge in [0.15, 0.2) is 11.3 Å². The lowest BCUT2D eigenvalue weighted by molar-refractivity contribution is 0.102. The molecule has 0 spiro atoms. The van der Waals surface area contributed by atoms with Crippen molar-refractivity contribution >= 4 is 27.3 Å². The summed E-state index contributed by atoms with van der Waals surface area (Å²) in [4.78, 5) is 18.5. The summed E-state index contributed by atoms with van der Waals surface area (Å²) in [5, 5.41) is 7.62. The Kier molecular flexibility index (Phi) is 7.17. The van der Waals surface area contributed by atoms with Gasteiger partial charge in [-0.25, -0.2) is 17.9 Å². The third-order valence-corrected chi connectivity index (χ3v) is 8.98. The van der Waals surface area contributed by atoms with Crippen LogP contribution in [0.4, 0.5) is 5.69 Å². The Morgan fingerprint density at radius 3 is 2.49 bits per heavy atom. The lowest BCUT2D eigenvalue weighted by Gasteiger charge is -2.18. The molecule has 1 aliphatic rings. The molecule has 2 aromatic heterocycles. The Labute approximate surface area is 228 Å². The van der Waals surface area contributed by atoms with Gasteiger partial charge in [0.25, 0.3) is 5.91 Å². The molecule has 39 heavy (non-hydrogen) atoms. The van der Waals surface area contributed by atoms with E-state index in [2.05, 4.69) is 24.3 Å². The second kappa shape index (κ2) is 10.4. The van der Waals surface area contributed by atoms with Crippen LogP contribution < -0.4 is 10.1 Å². The molecule has 9 nitrogen and oxygen atoms in total. The van der Waals surface area contributed by atoms with E-state index in [0.29, 0.717) is 41.5 Å². The summed E-state index contributed by atoms with van der Waals surface area (Å²) in [6.45, 7) is 8.89. The number of carbonyl (C=O) groups excluding carboxylic acids is 1. The van der Waals surface area contributed by atoms with Crippen molar-refractivity contribution in [3.63, 3.8) is 0 Å². The van der Waals surface area contributed by atoms with E-state index in [4.69, 9.17) is 9.72 Å². The number of hydrogen-bond acceptors (Lipinski definition) is 6. The molecule has 0 aliphatic carbocycles. The maximum absolute atomic E-state index is 13.7. The normalized spacial score (nSPS) is 14.3. The van der Waals surface area contributed by atoms with E-state index in [9.17, 15) is 13.2 Å². The highest BCUT2D eigenvalue weighted by molar-refractivity contribution is 7.89. The van der Waals surface area contributed by atoms with E-state index >= 15 is 0 Å². The van der Waals surface area contributed by atoms with E-state index in [1.54, 1.807) is 22.7 Å². The van der Waals surface area contributed by atoms with Crippen LogP contribution in [0.25, 0.3) is 16.8 Å². The maximum atomic E-state index is 13.7. The first-order valence-corrected chi connectivity index (χ1v) is 14.5. The van der Waals surface area contributed by atoms with E-state index in [1.807, 2.05) is 44.2 Å². The molecule has 0 radical (unpaired) electrons. The number of nitrogens with one attached hydrogen (secondary N) is 1. The Morgan fingerprint density at radius 2 is 1.79 bits per heavy atom. The smallest absolute Gasteiger partial charge is 0.276 e. The molecule has 2 aromatic carbocycles. The molecule has 1 amide bonds. The van der Waals surface area contributed by atoms with Crippen molar-refractivity contribution < 1.29 is 17.9 Å². The molecule has 5 rings (SSSR count). The summed E-state index contributed by atoms with van der Waals surface area (Å²) in [6, 6.07) is 14.5. The minimum Gasteiger partial charge on any atom is -0.495 e. The molecule has 3 heterocycles. The number of fused-ring (bicyclic) bond motifs is 1. The van der Waals surface area contributed by atoms with Gasteiger partial charge in [0.05, 0.1) is 12.7 Å². The molecule has 1 fully saturated rings. The lowest BCUT2D eigenvalue weighted by atomic mass is 10.0. The molecular weight excluding hydrogens is 514 g/mol. The van der Waals surface area contributed by atoms with Crippen LogP contribution in [0.5, 0.6) is 5.75 Å². The molecule has 0 saturated carbocycles. The van der Waals surface area contributed by atoms with Crippen LogP contribution in [0.15, 0.2) is 53.4 Å². The molecule has 10 heteroatoms. The van der Waals surface area contributed by atoms with Gasteiger partial charge in [0, 0.05) is 30.2 Å². The number of anilines is 1. The number of carbonyl (C=O) groups is 1. The van der Waals surface area contributed by atoms with Gasteiger partial charge in [-0.2, -0.15) is 9.40 Å². The third kappa shape index (κ3) is 5.02. The third-order valence-electron chi connectivity index (χ3n) is 7.06. The number of aromatic nitrogens is 3. The number of nitrogens with zero attached hydrogens (tertiary/aromatic N) is 4. The van der Waals surface area contributed by atoms with Crippen molar-refractivity contribution in [2.24, 2.45) is 0 Å². The number of amides is 1. The summed E-state index contributed by atoms with van der Waals surface area (Å²) in [7, 11) is -2.35. The number of rotatable bonds is 7. The number of benzene rings is 2. The Morgan fingerprint density at radius 1 is 1.05 bits per heavy atom. The van der Waals surface area contributed by atoms with E-state index in [-0.39, 0.29) is 16.3 Å². The van der Waals surface area contributed by atoms with Gasteiger partial charge in [-0.3, -0.25) is 4.79 Å². The molecule has 1 saturated heterocycles. The standard InChI is InChI=1S/C29H33N5O4S/c1-18(2)21-9-8-10-23(16-21)31-29(35)27-26(28-30-19(3)15-20(4)34(28)32-27)22-11-12-24(38-5)25(17-22)39(36,37)33-13-6-7-14-33/h8-12,15-18H,6-7,13-14H2,1-5H3,(H,31,35). The zero-order valence-corrected chi connectivity index (χ0v) is 23.7. The second-order valence-corrected chi connectivity index (χ2v) is 12.1. The molecular formula is C29H33N5O4S. The average molecular weight is 548 g/mol. The highest BCUT2D eigenvalue weighted by Gasteiger charge is 2.32. The Hall–Kier alpha value is -3.76. The number of aryl methyl sites for hydroxylation is 2. The van der Waals surface area contributed by atoms with E-state index < -0.39 is 15.9 Å². The predicted octanol–water partition coefficient (Wildman–Crippen LogP) is 5.18. The maximum Gasteiger partial charge on any atom is 0.276 e. The zero-order chi connectivity index (χ0) is 27.9. The lowest BCUT2D eigenvalue weighted by Crippen LogP contribution is -2.28. The highest BCUT2D eigenvalue weighted by Crippen LogP contribution is 2.36. The zero-order valence-electron chi connectivity index (χ0n) is 22.9. The molecule has 0 bridgehead atoms. The largest absolute Gasteiger partial charge is 0.495 e. The fourth-order valence-corrected chi connectivity index (χ4v) is 6.71. The minimum absolute atomic E-state index is 0.0594. The Balaban J connectivity index is 1.68. The molecule has 0 unspecified atom stereocenters. The number of sulfonamides is 1. The average Bonchev–Trinajstić information content (AvgIpc) is 3.58.